The predicted octanol–water partition coefficient (Wildman–Crippen LogP) is 1.49. The van der Waals surface area contributed by atoms with Crippen molar-refractivity contribution < 1.29 is 9.90 Å². The first-order valence-electron chi connectivity index (χ1n) is 8.68. The fraction of sp³-hybridized carbons (Fsp3) is 0.500. The van der Waals surface area contributed by atoms with Crippen LogP contribution < -0.4 is 10.3 Å². The molecule has 2 fully saturated rings. The number of piperazine rings is 1. The summed E-state index contributed by atoms with van der Waals surface area (Å²) in [7, 11) is 2.11. The highest BCUT2D eigenvalue weighted by atomic mass is 16.4. The molecule has 132 valence electrons. The number of likely N-dealkylation sites (N-methyl/N-ethyl adjacent to an activating group) is 1. The molecule has 4 rings (SSSR count). The molecule has 7 nitrogen and oxygen atoms in total. The maximum Gasteiger partial charge on any atom is 0.341 e. The van der Waals surface area contributed by atoms with E-state index in [1.165, 1.54) is 6.20 Å². The Bertz CT molecular complexity index is 909. The summed E-state index contributed by atoms with van der Waals surface area (Å²) in [5, 5.41) is 9.76. The lowest BCUT2D eigenvalue weighted by atomic mass is 10.1. The molecule has 1 aliphatic carbocycles. The van der Waals surface area contributed by atoms with Gasteiger partial charge in [-0.1, -0.05) is 0 Å². The lowest BCUT2D eigenvalue weighted by Gasteiger charge is -2.34. The van der Waals surface area contributed by atoms with E-state index >= 15 is 0 Å². The van der Waals surface area contributed by atoms with Crippen molar-refractivity contribution in [1.82, 2.24) is 14.5 Å². The van der Waals surface area contributed by atoms with Gasteiger partial charge >= 0.3 is 5.97 Å². The minimum Gasteiger partial charge on any atom is -0.477 e. The molecule has 2 aromatic rings. The topological polar surface area (TPSA) is 78.7 Å². The Kier molecular flexibility index (Phi) is 3.76. The molecule has 1 N–H and O–H groups in total. The van der Waals surface area contributed by atoms with Crippen LogP contribution in [0.5, 0.6) is 0 Å². The maximum atomic E-state index is 12.6. The first-order valence-corrected chi connectivity index (χ1v) is 8.68. The maximum absolute atomic E-state index is 12.6. The molecule has 0 atom stereocenters. The number of fused-ring (bicyclic) bond motifs is 1. The quantitative estimate of drug-likeness (QED) is 0.910. The van der Waals surface area contributed by atoms with Crippen molar-refractivity contribution in [3.63, 3.8) is 0 Å². The van der Waals surface area contributed by atoms with E-state index < -0.39 is 11.4 Å². The number of aromatic carboxylic acids is 1. The number of hydrogen-bond donors (Lipinski definition) is 1. The molecule has 0 radical (unpaired) electrons. The number of anilines is 1. The number of aryl methyl sites for hydroxylation is 1. The van der Waals surface area contributed by atoms with Crippen LogP contribution in [-0.2, 0) is 0 Å². The third-order valence-corrected chi connectivity index (χ3v) is 5.25. The van der Waals surface area contributed by atoms with Gasteiger partial charge in [-0.15, -0.1) is 0 Å². The van der Waals surface area contributed by atoms with E-state index in [1.54, 1.807) is 6.20 Å². The van der Waals surface area contributed by atoms with E-state index in [2.05, 4.69) is 21.8 Å². The molecule has 0 bridgehead atoms. The van der Waals surface area contributed by atoms with Gasteiger partial charge in [0.2, 0.25) is 5.43 Å². The van der Waals surface area contributed by atoms with Crippen molar-refractivity contribution in [2.24, 2.45) is 0 Å². The van der Waals surface area contributed by atoms with Gasteiger partial charge in [0.15, 0.2) is 0 Å². The van der Waals surface area contributed by atoms with Crippen molar-refractivity contribution in [3.05, 3.63) is 33.7 Å². The zero-order chi connectivity index (χ0) is 17.7. The van der Waals surface area contributed by atoms with E-state index in [1.807, 2.05) is 11.5 Å². The van der Waals surface area contributed by atoms with Crippen molar-refractivity contribution in [1.29, 1.82) is 0 Å². The Hall–Kier alpha value is -2.41. The number of carboxylic acids is 1. The second-order valence-corrected chi connectivity index (χ2v) is 7.07. The summed E-state index contributed by atoms with van der Waals surface area (Å²) in [5.41, 5.74) is 1.18. The van der Waals surface area contributed by atoms with Gasteiger partial charge in [-0.2, -0.15) is 0 Å². The molecule has 3 heterocycles. The van der Waals surface area contributed by atoms with Gasteiger partial charge in [0.1, 0.15) is 11.4 Å². The molecule has 0 aromatic carbocycles. The number of carboxylic acid groups (broad SMARTS) is 1. The Morgan fingerprint density at radius 2 is 1.92 bits per heavy atom. The molecule has 2 aliphatic rings. The van der Waals surface area contributed by atoms with Crippen LogP contribution in [0.3, 0.4) is 0 Å². The third-order valence-electron chi connectivity index (χ3n) is 5.25. The second kappa shape index (κ2) is 5.84. The molecular formula is C18H22N4O3. The molecule has 25 heavy (non-hydrogen) atoms. The molecule has 7 heteroatoms. The van der Waals surface area contributed by atoms with Crippen LogP contribution in [-0.4, -0.2) is 58.8 Å². The van der Waals surface area contributed by atoms with E-state index in [0.29, 0.717) is 5.39 Å². The molecule has 1 aliphatic heterocycles. The zero-order valence-corrected chi connectivity index (χ0v) is 14.5. The largest absolute Gasteiger partial charge is 0.477 e. The Morgan fingerprint density at radius 3 is 2.52 bits per heavy atom. The predicted molar refractivity (Wildman–Crippen MR) is 95.7 cm³/mol. The number of hydrogen-bond acceptors (Lipinski definition) is 5. The average Bonchev–Trinajstić information content (AvgIpc) is 3.41. The molecule has 2 aromatic heterocycles. The van der Waals surface area contributed by atoms with Gasteiger partial charge in [0.25, 0.3) is 0 Å². The van der Waals surface area contributed by atoms with E-state index in [0.717, 1.165) is 55.9 Å². The Morgan fingerprint density at radius 1 is 1.24 bits per heavy atom. The monoisotopic (exact) mass is 342 g/mol. The summed E-state index contributed by atoms with van der Waals surface area (Å²) in [6.45, 7) is 5.74. The van der Waals surface area contributed by atoms with Crippen LogP contribution in [0.1, 0.15) is 34.8 Å². The lowest BCUT2D eigenvalue weighted by molar-refractivity contribution is 0.0695. The van der Waals surface area contributed by atoms with Crippen LogP contribution in [0.25, 0.3) is 10.9 Å². The number of pyridine rings is 2. The molecule has 0 spiro atoms. The summed E-state index contributed by atoms with van der Waals surface area (Å²) in [6.07, 6.45) is 5.11. The summed E-state index contributed by atoms with van der Waals surface area (Å²) >= 11 is 0. The Balaban J connectivity index is 1.91. The smallest absolute Gasteiger partial charge is 0.341 e. The van der Waals surface area contributed by atoms with Gasteiger partial charge in [0, 0.05) is 50.2 Å². The third kappa shape index (κ3) is 2.68. The van der Waals surface area contributed by atoms with Gasteiger partial charge in [-0.25, -0.2) is 9.78 Å². The van der Waals surface area contributed by atoms with Crippen LogP contribution >= 0.6 is 0 Å². The molecule has 0 unspecified atom stereocenters. The molecular weight excluding hydrogens is 320 g/mol. The first-order chi connectivity index (χ1) is 12.0. The van der Waals surface area contributed by atoms with Crippen LogP contribution in [0.4, 0.5) is 5.82 Å². The summed E-state index contributed by atoms with van der Waals surface area (Å²) in [4.78, 5) is 33.1. The van der Waals surface area contributed by atoms with E-state index in [4.69, 9.17) is 0 Å². The normalized spacial score (nSPS) is 18.7. The van der Waals surface area contributed by atoms with Crippen LogP contribution in [0.15, 0.2) is 17.2 Å². The lowest BCUT2D eigenvalue weighted by Crippen LogP contribution is -2.45. The zero-order valence-electron chi connectivity index (χ0n) is 14.5. The summed E-state index contributed by atoms with van der Waals surface area (Å²) in [5.74, 6) is -0.278. The van der Waals surface area contributed by atoms with Crippen molar-refractivity contribution >= 4 is 22.7 Å². The van der Waals surface area contributed by atoms with E-state index in [-0.39, 0.29) is 11.6 Å². The average molecular weight is 342 g/mol. The summed E-state index contributed by atoms with van der Waals surface area (Å²) < 4.78 is 1.98. The van der Waals surface area contributed by atoms with Crippen molar-refractivity contribution in [2.75, 3.05) is 38.1 Å². The van der Waals surface area contributed by atoms with Gasteiger partial charge in [-0.05, 0) is 26.8 Å². The molecule has 1 saturated carbocycles. The highest BCUT2D eigenvalue weighted by Gasteiger charge is 2.29. The number of rotatable bonds is 3. The van der Waals surface area contributed by atoms with Crippen molar-refractivity contribution in [2.45, 2.75) is 25.8 Å². The molecule has 1 saturated heterocycles. The Labute approximate surface area is 145 Å². The number of carbonyl (C=O) groups is 1. The SMILES string of the molecule is Cc1c(N2CCN(C)CC2)ncc2c(=O)c(C(=O)O)cn(C3CC3)c12. The van der Waals surface area contributed by atoms with Crippen LogP contribution in [0.2, 0.25) is 0 Å². The van der Waals surface area contributed by atoms with E-state index in [9.17, 15) is 14.7 Å². The van der Waals surface area contributed by atoms with Gasteiger partial charge in [-0.3, -0.25) is 4.79 Å². The van der Waals surface area contributed by atoms with Gasteiger partial charge in [0.05, 0.1) is 10.9 Å². The number of nitrogens with zero attached hydrogens (tertiary/aromatic N) is 4. The second-order valence-electron chi connectivity index (χ2n) is 7.07. The number of aromatic nitrogens is 2. The van der Waals surface area contributed by atoms with Crippen molar-refractivity contribution in [3.8, 4) is 0 Å². The van der Waals surface area contributed by atoms with Gasteiger partial charge < -0.3 is 19.5 Å². The molecule has 0 amide bonds. The minimum atomic E-state index is -1.18. The minimum absolute atomic E-state index is 0.173. The standard InChI is InChI=1S/C18H22N4O3/c1-11-15-13(9-19-17(11)21-7-5-20(2)6-8-21)16(23)14(18(24)25)10-22(15)12-3-4-12/h9-10,12H,3-8H2,1-2H3,(H,24,25). The highest BCUT2D eigenvalue weighted by Crippen LogP contribution is 2.38. The first kappa shape index (κ1) is 16.1. The highest BCUT2D eigenvalue weighted by molar-refractivity contribution is 5.94. The fourth-order valence-electron chi connectivity index (χ4n) is 3.63. The fourth-order valence-corrected chi connectivity index (χ4v) is 3.63. The van der Waals surface area contributed by atoms with Crippen LogP contribution in [0, 0.1) is 6.92 Å². The summed E-state index contributed by atoms with van der Waals surface area (Å²) in [6, 6.07) is 0.280.